The standard InChI is InChI=1S/C12H25NO3/c1-6-9(2)10(13)11(14)16-8-7-12(3,4)15-5/h9-10H,6-8,13H2,1-5H3/t9?,10-/m0/s1. The van der Waals surface area contributed by atoms with Gasteiger partial charge in [-0.3, -0.25) is 4.79 Å². The van der Waals surface area contributed by atoms with Gasteiger partial charge in [0.25, 0.3) is 0 Å². The predicted molar refractivity (Wildman–Crippen MR) is 64.1 cm³/mol. The third-order valence-electron chi connectivity index (χ3n) is 3.03. The van der Waals surface area contributed by atoms with Crippen molar-refractivity contribution in [3.63, 3.8) is 0 Å². The summed E-state index contributed by atoms with van der Waals surface area (Å²) < 4.78 is 10.3. The highest BCUT2D eigenvalue weighted by molar-refractivity contribution is 5.75. The van der Waals surface area contributed by atoms with E-state index in [9.17, 15) is 4.79 Å². The van der Waals surface area contributed by atoms with Gasteiger partial charge in [0.2, 0.25) is 0 Å². The molecule has 96 valence electrons. The first-order chi connectivity index (χ1) is 7.34. The Morgan fingerprint density at radius 3 is 2.44 bits per heavy atom. The van der Waals surface area contributed by atoms with E-state index in [1.807, 2.05) is 27.7 Å². The van der Waals surface area contributed by atoms with Crippen LogP contribution in [0.2, 0.25) is 0 Å². The first kappa shape index (κ1) is 15.4. The van der Waals surface area contributed by atoms with Crippen LogP contribution in [-0.4, -0.2) is 31.3 Å². The summed E-state index contributed by atoms with van der Waals surface area (Å²) in [6.07, 6.45) is 1.54. The number of hydrogen-bond donors (Lipinski definition) is 1. The number of rotatable bonds is 7. The molecule has 4 nitrogen and oxygen atoms in total. The smallest absolute Gasteiger partial charge is 0.323 e. The van der Waals surface area contributed by atoms with Crippen molar-refractivity contribution in [1.82, 2.24) is 0 Å². The summed E-state index contributed by atoms with van der Waals surface area (Å²) in [6, 6.07) is -0.518. The van der Waals surface area contributed by atoms with Crippen molar-refractivity contribution >= 4 is 5.97 Å². The van der Waals surface area contributed by atoms with Crippen molar-refractivity contribution < 1.29 is 14.3 Å². The molecule has 0 aliphatic heterocycles. The van der Waals surface area contributed by atoms with Gasteiger partial charge in [-0.05, 0) is 19.8 Å². The highest BCUT2D eigenvalue weighted by atomic mass is 16.5. The second kappa shape index (κ2) is 6.86. The number of methoxy groups -OCH3 is 1. The predicted octanol–water partition coefficient (Wildman–Crippen LogP) is 1.72. The van der Waals surface area contributed by atoms with Crippen LogP contribution < -0.4 is 5.73 Å². The lowest BCUT2D eigenvalue weighted by Crippen LogP contribution is -2.38. The van der Waals surface area contributed by atoms with Crippen molar-refractivity contribution in [3.8, 4) is 0 Å². The van der Waals surface area contributed by atoms with E-state index in [4.69, 9.17) is 15.2 Å². The Labute approximate surface area is 98.5 Å². The van der Waals surface area contributed by atoms with Crippen molar-refractivity contribution in [1.29, 1.82) is 0 Å². The van der Waals surface area contributed by atoms with Crippen molar-refractivity contribution in [3.05, 3.63) is 0 Å². The lowest BCUT2D eigenvalue weighted by atomic mass is 10.0. The maximum atomic E-state index is 11.5. The zero-order chi connectivity index (χ0) is 12.8. The molecule has 0 amide bonds. The molecular formula is C12H25NO3. The number of carbonyl (C=O) groups excluding carboxylic acids is 1. The molecule has 0 aromatic carbocycles. The largest absolute Gasteiger partial charge is 0.464 e. The van der Waals surface area contributed by atoms with Gasteiger partial charge in [0.15, 0.2) is 0 Å². The average molecular weight is 231 g/mol. The van der Waals surface area contributed by atoms with Crippen molar-refractivity contribution in [2.45, 2.75) is 52.2 Å². The van der Waals surface area contributed by atoms with Crippen LogP contribution in [0.4, 0.5) is 0 Å². The fourth-order valence-corrected chi connectivity index (χ4v) is 1.08. The highest BCUT2D eigenvalue weighted by Crippen LogP contribution is 2.13. The van der Waals surface area contributed by atoms with Gasteiger partial charge in [-0.1, -0.05) is 20.3 Å². The molecule has 0 aliphatic rings. The molecule has 0 fully saturated rings. The second-order valence-electron chi connectivity index (χ2n) is 4.79. The van der Waals surface area contributed by atoms with Crippen LogP contribution in [0.3, 0.4) is 0 Å². The summed E-state index contributed by atoms with van der Waals surface area (Å²) >= 11 is 0. The molecule has 0 heterocycles. The van der Waals surface area contributed by atoms with E-state index >= 15 is 0 Å². The Morgan fingerprint density at radius 2 is 2.00 bits per heavy atom. The third-order valence-corrected chi connectivity index (χ3v) is 3.03. The molecular weight excluding hydrogens is 206 g/mol. The van der Waals surface area contributed by atoms with Crippen LogP contribution in [0.25, 0.3) is 0 Å². The summed E-state index contributed by atoms with van der Waals surface area (Å²) in [7, 11) is 1.65. The molecule has 0 bridgehead atoms. The van der Waals surface area contributed by atoms with Gasteiger partial charge < -0.3 is 15.2 Å². The number of carbonyl (C=O) groups is 1. The molecule has 0 radical (unpaired) electrons. The Hall–Kier alpha value is -0.610. The molecule has 0 saturated carbocycles. The Balaban J connectivity index is 3.90. The monoisotopic (exact) mass is 231 g/mol. The number of ether oxygens (including phenoxy) is 2. The maximum absolute atomic E-state index is 11.5. The Morgan fingerprint density at radius 1 is 1.44 bits per heavy atom. The van der Waals surface area contributed by atoms with Crippen molar-refractivity contribution in [2.75, 3.05) is 13.7 Å². The van der Waals surface area contributed by atoms with E-state index in [0.717, 1.165) is 6.42 Å². The fraction of sp³-hybridized carbons (Fsp3) is 0.917. The molecule has 2 N–H and O–H groups in total. The number of esters is 1. The quantitative estimate of drug-likeness (QED) is 0.678. The minimum atomic E-state index is -0.518. The molecule has 0 aromatic heterocycles. The van der Waals surface area contributed by atoms with Gasteiger partial charge in [-0.2, -0.15) is 0 Å². The van der Waals surface area contributed by atoms with Gasteiger partial charge in [0.05, 0.1) is 12.2 Å². The number of nitrogens with two attached hydrogens (primary N) is 1. The van der Waals surface area contributed by atoms with Crippen LogP contribution in [-0.2, 0) is 14.3 Å². The summed E-state index contributed by atoms with van der Waals surface area (Å²) in [6.45, 7) is 8.21. The Bertz CT molecular complexity index is 216. The summed E-state index contributed by atoms with van der Waals surface area (Å²) in [4.78, 5) is 11.5. The van der Waals surface area contributed by atoms with E-state index in [1.54, 1.807) is 7.11 Å². The molecule has 4 heteroatoms. The van der Waals surface area contributed by atoms with Crippen LogP contribution in [0.1, 0.15) is 40.5 Å². The zero-order valence-corrected chi connectivity index (χ0v) is 11.1. The average Bonchev–Trinajstić information content (AvgIpc) is 2.26. The van der Waals surface area contributed by atoms with Gasteiger partial charge in [-0.25, -0.2) is 0 Å². The van der Waals surface area contributed by atoms with Crippen LogP contribution in [0.15, 0.2) is 0 Å². The van der Waals surface area contributed by atoms with Gasteiger partial charge in [0, 0.05) is 13.5 Å². The first-order valence-corrected chi connectivity index (χ1v) is 5.81. The van der Waals surface area contributed by atoms with Gasteiger partial charge in [-0.15, -0.1) is 0 Å². The zero-order valence-electron chi connectivity index (χ0n) is 11.1. The minimum absolute atomic E-state index is 0.155. The van der Waals surface area contributed by atoms with E-state index in [-0.39, 0.29) is 17.5 Å². The van der Waals surface area contributed by atoms with Gasteiger partial charge >= 0.3 is 5.97 Å². The molecule has 1 unspecified atom stereocenters. The fourth-order valence-electron chi connectivity index (χ4n) is 1.08. The third kappa shape index (κ3) is 5.47. The summed E-state index contributed by atoms with van der Waals surface area (Å²) in [5, 5.41) is 0. The minimum Gasteiger partial charge on any atom is -0.464 e. The summed E-state index contributed by atoms with van der Waals surface area (Å²) in [5.74, 6) is -0.163. The highest BCUT2D eigenvalue weighted by Gasteiger charge is 2.22. The topological polar surface area (TPSA) is 61.6 Å². The molecule has 0 rings (SSSR count). The summed E-state index contributed by atoms with van der Waals surface area (Å²) in [5.41, 5.74) is 5.48. The lowest BCUT2D eigenvalue weighted by Gasteiger charge is -2.23. The van der Waals surface area contributed by atoms with Crippen LogP contribution >= 0.6 is 0 Å². The van der Waals surface area contributed by atoms with Crippen LogP contribution in [0.5, 0.6) is 0 Å². The van der Waals surface area contributed by atoms with Crippen molar-refractivity contribution in [2.24, 2.45) is 11.7 Å². The van der Waals surface area contributed by atoms with Gasteiger partial charge in [0.1, 0.15) is 6.04 Å². The second-order valence-corrected chi connectivity index (χ2v) is 4.79. The van der Waals surface area contributed by atoms with Crippen LogP contribution in [0, 0.1) is 5.92 Å². The lowest BCUT2D eigenvalue weighted by molar-refractivity contribution is -0.148. The van der Waals surface area contributed by atoms with E-state index < -0.39 is 6.04 Å². The Kier molecular flexibility index (Phi) is 6.60. The molecule has 16 heavy (non-hydrogen) atoms. The van der Waals surface area contributed by atoms with E-state index in [0.29, 0.717) is 13.0 Å². The molecule has 0 aromatic rings. The molecule has 2 atom stereocenters. The first-order valence-electron chi connectivity index (χ1n) is 5.81. The number of hydrogen-bond acceptors (Lipinski definition) is 4. The van der Waals surface area contributed by atoms with E-state index in [1.165, 1.54) is 0 Å². The molecule has 0 spiro atoms. The SMILES string of the molecule is CCC(C)[C@H](N)C(=O)OCCC(C)(C)OC. The van der Waals surface area contributed by atoms with E-state index in [2.05, 4.69) is 0 Å². The molecule has 0 saturated heterocycles. The maximum Gasteiger partial charge on any atom is 0.323 e. The molecule has 0 aliphatic carbocycles. The normalized spacial score (nSPS) is 15.6.